The number of benzene rings is 2. The zero-order valence-corrected chi connectivity index (χ0v) is 28.5. The van der Waals surface area contributed by atoms with E-state index in [1.807, 2.05) is 12.1 Å². The predicted octanol–water partition coefficient (Wildman–Crippen LogP) is 7.33. The highest BCUT2D eigenvalue weighted by molar-refractivity contribution is 5.93. The minimum Gasteiger partial charge on any atom is -0.493 e. The number of H-pyrrole nitrogens is 1. The van der Waals surface area contributed by atoms with Crippen LogP contribution in [-0.4, -0.2) is 63.3 Å². The van der Waals surface area contributed by atoms with Gasteiger partial charge in [0.2, 0.25) is 5.91 Å². The van der Waals surface area contributed by atoms with Crippen molar-refractivity contribution in [1.82, 2.24) is 25.1 Å². The second-order valence-electron chi connectivity index (χ2n) is 14.2. The number of nitrogens with zero attached hydrogens (tertiary/aromatic N) is 4. The highest BCUT2D eigenvalue weighted by Gasteiger charge is 2.54. The molecule has 5 rings (SSSR count). The van der Waals surface area contributed by atoms with Crippen LogP contribution in [0, 0.1) is 23.1 Å². The van der Waals surface area contributed by atoms with Gasteiger partial charge in [-0.25, -0.2) is 14.4 Å². The van der Waals surface area contributed by atoms with Gasteiger partial charge in [0.25, 0.3) is 0 Å². The first-order valence-electron chi connectivity index (χ1n) is 16.2. The van der Waals surface area contributed by atoms with E-state index in [0.717, 1.165) is 31.3 Å². The van der Waals surface area contributed by atoms with Crippen LogP contribution < -0.4 is 20.1 Å². The molecule has 3 heterocycles. The van der Waals surface area contributed by atoms with E-state index in [1.165, 1.54) is 24.9 Å². The van der Waals surface area contributed by atoms with Crippen molar-refractivity contribution >= 4 is 34.1 Å². The smallest absolute Gasteiger partial charge is 0.230 e. The number of carbonyl (C=O) groups is 1. The van der Waals surface area contributed by atoms with Crippen molar-refractivity contribution in [3.63, 3.8) is 0 Å². The maximum absolute atomic E-state index is 13.5. The SMILES string of the molecule is COc1cc2c(Nc3cc(CC(=O)Nc4cccc(F)c4)[nH]n3)ncnc2cc1OCCCN1CCC[CH]C1(C(C)(C)C)C(C)(C)C. The van der Waals surface area contributed by atoms with Crippen molar-refractivity contribution in [2.45, 2.75) is 72.8 Å². The van der Waals surface area contributed by atoms with Crippen molar-refractivity contribution < 1.29 is 18.7 Å². The lowest BCUT2D eigenvalue weighted by atomic mass is 9.56. The molecule has 1 aliphatic heterocycles. The van der Waals surface area contributed by atoms with Crippen molar-refractivity contribution in [1.29, 1.82) is 0 Å². The highest BCUT2D eigenvalue weighted by atomic mass is 19.1. The Kier molecular flexibility index (Phi) is 10.0. The quantitative estimate of drug-likeness (QED) is 0.145. The van der Waals surface area contributed by atoms with E-state index in [9.17, 15) is 9.18 Å². The largest absolute Gasteiger partial charge is 0.493 e. The summed E-state index contributed by atoms with van der Waals surface area (Å²) >= 11 is 0. The van der Waals surface area contributed by atoms with E-state index in [-0.39, 0.29) is 28.7 Å². The number of carbonyl (C=O) groups excluding carboxylic acids is 1. The molecule has 2 aromatic carbocycles. The first-order valence-corrected chi connectivity index (χ1v) is 16.2. The van der Waals surface area contributed by atoms with Crippen molar-refractivity contribution in [2.75, 3.05) is 37.4 Å². The summed E-state index contributed by atoms with van der Waals surface area (Å²) in [6, 6.07) is 11.2. The fraction of sp³-hybridized carbons (Fsp3) is 0.472. The third-order valence-corrected chi connectivity index (χ3v) is 8.94. The summed E-state index contributed by atoms with van der Waals surface area (Å²) < 4.78 is 25.5. The van der Waals surface area contributed by atoms with Gasteiger partial charge in [-0.2, -0.15) is 5.10 Å². The number of rotatable bonds is 11. The summed E-state index contributed by atoms with van der Waals surface area (Å²) in [5.41, 5.74) is 1.84. The molecule has 0 unspecified atom stereocenters. The molecule has 11 heteroatoms. The number of fused-ring (bicyclic) bond motifs is 1. The zero-order chi connectivity index (χ0) is 33.8. The molecule has 4 aromatic rings. The predicted molar refractivity (Wildman–Crippen MR) is 184 cm³/mol. The van der Waals surface area contributed by atoms with E-state index in [1.54, 1.807) is 25.3 Å². The fourth-order valence-corrected chi connectivity index (χ4v) is 7.33. The van der Waals surface area contributed by atoms with Gasteiger partial charge in [-0.05, 0) is 67.3 Å². The van der Waals surface area contributed by atoms with Crippen LogP contribution in [0.15, 0.2) is 48.8 Å². The van der Waals surface area contributed by atoms with Crippen LogP contribution in [0.5, 0.6) is 11.5 Å². The van der Waals surface area contributed by atoms with Gasteiger partial charge in [0.15, 0.2) is 17.3 Å². The van der Waals surface area contributed by atoms with Crippen LogP contribution in [0.2, 0.25) is 0 Å². The third-order valence-electron chi connectivity index (χ3n) is 8.94. The lowest BCUT2D eigenvalue weighted by molar-refractivity contribution is -0.115. The third kappa shape index (κ3) is 7.51. The summed E-state index contributed by atoms with van der Waals surface area (Å²) in [5, 5.41) is 13.8. The number of likely N-dealkylation sites (tertiary alicyclic amines) is 1. The maximum atomic E-state index is 13.5. The topological polar surface area (TPSA) is 117 Å². The summed E-state index contributed by atoms with van der Waals surface area (Å²) in [5.74, 6) is 1.50. The van der Waals surface area contributed by atoms with Crippen LogP contribution in [-0.2, 0) is 11.2 Å². The number of aromatic amines is 1. The van der Waals surface area contributed by atoms with E-state index in [2.05, 4.69) is 83.7 Å². The minimum absolute atomic E-state index is 0.0103. The lowest BCUT2D eigenvalue weighted by Gasteiger charge is -2.62. The standard InChI is InChI=1S/C36H47FN7O3/c1-34(2,3)36(35(4,5)6)14-8-9-15-44(36)16-11-17-47-30-22-28-27(21-29(30)46-7)33(39-23-38-28)41-31-19-26(42-43-31)20-32(45)40-25-13-10-12-24(37)18-25/h10,12-14,18-19,21-23H,8-9,11,15-17,20H2,1-7H3,(H,40,45)(H2,38,39,41,42,43). The van der Waals surface area contributed by atoms with Gasteiger partial charge in [-0.3, -0.25) is 14.8 Å². The molecule has 2 aromatic heterocycles. The molecule has 3 N–H and O–H groups in total. The second kappa shape index (κ2) is 13.9. The Hall–Kier alpha value is -4.25. The Labute approximate surface area is 276 Å². The van der Waals surface area contributed by atoms with Crippen LogP contribution in [0.4, 0.5) is 21.7 Å². The molecule has 0 aliphatic carbocycles. The number of hydrogen-bond donors (Lipinski definition) is 3. The molecule has 1 saturated heterocycles. The molecule has 0 saturated carbocycles. The van der Waals surface area contributed by atoms with Gasteiger partial charge >= 0.3 is 0 Å². The van der Waals surface area contributed by atoms with Gasteiger partial charge in [0.05, 0.1) is 25.7 Å². The Bertz CT molecular complexity index is 1680. The molecule has 1 radical (unpaired) electrons. The molecular formula is C36H47FN7O3. The Morgan fingerprint density at radius 2 is 1.85 bits per heavy atom. The number of aromatic nitrogens is 4. The lowest BCUT2D eigenvalue weighted by Crippen LogP contribution is -2.66. The van der Waals surface area contributed by atoms with Gasteiger partial charge < -0.3 is 20.1 Å². The molecule has 251 valence electrons. The number of hydrogen-bond acceptors (Lipinski definition) is 8. The Morgan fingerprint density at radius 3 is 2.57 bits per heavy atom. The molecule has 10 nitrogen and oxygen atoms in total. The van der Waals surface area contributed by atoms with E-state index < -0.39 is 5.82 Å². The average molecular weight is 645 g/mol. The molecular weight excluding hydrogens is 597 g/mol. The number of nitrogens with one attached hydrogen (secondary N) is 3. The molecule has 0 atom stereocenters. The number of methoxy groups -OCH3 is 1. The van der Waals surface area contributed by atoms with Crippen LogP contribution in [0.1, 0.15) is 66.5 Å². The van der Waals surface area contributed by atoms with E-state index in [4.69, 9.17) is 9.47 Å². The molecule has 47 heavy (non-hydrogen) atoms. The highest BCUT2D eigenvalue weighted by Crippen LogP contribution is 2.52. The van der Waals surface area contributed by atoms with Crippen LogP contribution in [0.25, 0.3) is 10.9 Å². The van der Waals surface area contributed by atoms with E-state index in [0.29, 0.717) is 46.6 Å². The fourth-order valence-electron chi connectivity index (χ4n) is 7.33. The number of halogens is 1. The van der Waals surface area contributed by atoms with E-state index >= 15 is 0 Å². The van der Waals surface area contributed by atoms with Crippen molar-refractivity contribution in [2.24, 2.45) is 10.8 Å². The molecule has 0 bridgehead atoms. The number of anilines is 3. The summed E-state index contributed by atoms with van der Waals surface area (Å²) in [4.78, 5) is 24.0. The first-order chi connectivity index (χ1) is 22.3. The molecule has 1 amide bonds. The van der Waals surface area contributed by atoms with Crippen LogP contribution >= 0.6 is 0 Å². The summed E-state index contributed by atoms with van der Waals surface area (Å²) in [7, 11) is 1.62. The summed E-state index contributed by atoms with van der Waals surface area (Å²) in [6.07, 6.45) is 7.27. The van der Waals surface area contributed by atoms with Gasteiger partial charge in [-0.1, -0.05) is 47.6 Å². The number of amides is 1. The Balaban J connectivity index is 1.24. The van der Waals surface area contributed by atoms with Gasteiger partial charge in [-0.15, -0.1) is 0 Å². The molecule has 1 aliphatic rings. The first kappa shape index (κ1) is 34.1. The van der Waals surface area contributed by atoms with Gasteiger partial charge in [0.1, 0.15) is 18.0 Å². The molecule has 1 fully saturated rings. The zero-order valence-electron chi connectivity index (χ0n) is 28.5. The normalized spacial score (nSPS) is 15.4. The second-order valence-corrected chi connectivity index (χ2v) is 14.2. The number of piperidine rings is 1. The minimum atomic E-state index is -0.418. The van der Waals surface area contributed by atoms with Gasteiger partial charge in [0, 0.05) is 41.0 Å². The monoisotopic (exact) mass is 644 g/mol. The van der Waals surface area contributed by atoms with Crippen LogP contribution in [0.3, 0.4) is 0 Å². The van der Waals surface area contributed by atoms with Crippen molar-refractivity contribution in [3.05, 3.63) is 66.7 Å². The Morgan fingerprint density at radius 1 is 1.06 bits per heavy atom. The van der Waals surface area contributed by atoms with Crippen molar-refractivity contribution in [3.8, 4) is 11.5 Å². The summed E-state index contributed by atoms with van der Waals surface area (Å²) in [6.45, 7) is 16.7. The average Bonchev–Trinajstić information content (AvgIpc) is 3.44. The molecule has 0 spiro atoms. The maximum Gasteiger partial charge on any atom is 0.230 e. The number of ether oxygens (including phenoxy) is 2.